The zero-order valence-electron chi connectivity index (χ0n) is 74.1. The van der Waals surface area contributed by atoms with E-state index in [-0.39, 0.29) is 10.9 Å². The molecule has 17 rings (SSSR count). The fourth-order valence-corrected chi connectivity index (χ4v) is 29.1. The van der Waals surface area contributed by atoms with Gasteiger partial charge in [-0.05, 0) is 195 Å². The lowest BCUT2D eigenvalue weighted by Gasteiger charge is -2.26. The molecule has 0 bridgehead atoms. The molecule has 1 saturated heterocycles. The topological polar surface area (TPSA) is 253 Å². The number of likely N-dealkylation sites (N-methyl/N-ethyl adjacent to an activating group) is 5. The van der Waals surface area contributed by atoms with E-state index in [0.717, 1.165) is 141 Å². The molecule has 8 aliphatic rings. The van der Waals surface area contributed by atoms with Crippen LogP contribution in [0.5, 0.6) is 5.75 Å². The minimum Gasteiger partial charge on any atom is -0.497 e. The van der Waals surface area contributed by atoms with Crippen molar-refractivity contribution in [3.63, 3.8) is 0 Å². The molecule has 9 aromatic carbocycles. The van der Waals surface area contributed by atoms with Crippen LogP contribution in [0, 0.1) is 0 Å². The van der Waals surface area contributed by atoms with Gasteiger partial charge in [0.05, 0.1) is 41.2 Å². The summed E-state index contributed by atoms with van der Waals surface area (Å²) < 4.78 is 173. The van der Waals surface area contributed by atoms with Gasteiger partial charge in [0.2, 0.25) is 60.1 Å². The van der Waals surface area contributed by atoms with Gasteiger partial charge in [0.15, 0.2) is 0 Å². The number of nitrogens with zero attached hydrogens (tertiary/aromatic N) is 12. The van der Waals surface area contributed by atoms with Crippen LogP contribution in [0.2, 0.25) is 20.1 Å². The summed E-state index contributed by atoms with van der Waals surface area (Å²) >= 11 is 34.2. The molecule has 7 aliphatic heterocycles. The first-order chi connectivity index (χ1) is 61.8. The second-order valence-electron chi connectivity index (χ2n) is 33.1. The molecule has 0 radical (unpaired) electrons. The molecule has 1 atom stereocenters. The maximum Gasteiger partial charge on any atom is 0.245 e. The van der Waals surface area contributed by atoms with Crippen molar-refractivity contribution in [2.24, 2.45) is 0 Å². The number of hydrogen-bond donors (Lipinski definition) is 0. The molecule has 2 fully saturated rings. The highest BCUT2D eigenvalue weighted by atomic mass is 79.9. The van der Waals surface area contributed by atoms with E-state index in [4.69, 9.17) is 51.1 Å². The van der Waals surface area contributed by atoms with Crippen LogP contribution >= 0.6 is 94.2 Å². The molecule has 25 nitrogen and oxygen atoms in total. The molecule has 1 saturated carbocycles. The van der Waals surface area contributed by atoms with E-state index >= 15 is 0 Å². The lowest BCUT2D eigenvalue weighted by Crippen LogP contribution is -2.40. The Bertz CT molecular complexity index is 6180. The molecule has 0 N–H and O–H groups in total. The van der Waals surface area contributed by atoms with Crippen molar-refractivity contribution < 1.29 is 55.2 Å². The Morgan fingerprint density at radius 2 is 0.692 bits per heavy atom. The summed E-state index contributed by atoms with van der Waals surface area (Å²) in [7, 11) is -9.69. The van der Waals surface area contributed by atoms with Crippen molar-refractivity contribution in [3.8, 4) is 5.75 Å². The van der Waals surface area contributed by atoms with Crippen LogP contribution in [0.15, 0.2) is 231 Å². The van der Waals surface area contributed by atoms with Crippen molar-refractivity contribution in [2.45, 2.75) is 139 Å². The molecular formula is C92H113Br3Cl4N12O13S6. The van der Waals surface area contributed by atoms with Gasteiger partial charge in [-0.15, -0.1) is 0 Å². The van der Waals surface area contributed by atoms with Gasteiger partial charge in [0.1, 0.15) is 35.1 Å². The van der Waals surface area contributed by atoms with Gasteiger partial charge in [-0.25, -0.2) is 50.5 Å². The SMILES string of the molecule is CCCCN1CCN(C)c2cc(Br)ccc2S1(=O)=O.CCCCN1C[C@@H]2CCCN2c2ccc(Cl)cc2S1(=O)=O.CN1CCN(C2CCCC2)S(=O)(=O)c2cc(Cl)ccc21.CN1CCN(CCc2ccccc2)S(=O)(=O)c2ccc(Br)cc21.CN1CCN(Cc2ccc(Cl)cc2)S(=O)(=O)c2ccc(Br)cc21.COc1ccc(CN2CCN(C)c3ccc(Cl)cc3S2(=O)=O)cc1. The van der Waals surface area contributed by atoms with Crippen LogP contribution in [-0.4, -0.2) is 229 Å². The predicted octanol–water partition coefficient (Wildman–Crippen LogP) is 18.4. The van der Waals surface area contributed by atoms with Crippen LogP contribution in [0.25, 0.3) is 0 Å². The van der Waals surface area contributed by atoms with Gasteiger partial charge in [-0.1, -0.05) is 188 Å². The Hall–Kier alpha value is -6.36. The van der Waals surface area contributed by atoms with E-state index in [2.05, 4.69) is 66.5 Å². The number of anilines is 6. The van der Waals surface area contributed by atoms with Gasteiger partial charge in [0.25, 0.3) is 0 Å². The first kappa shape index (κ1) is 103. The molecule has 0 amide bonds. The minimum absolute atomic E-state index is 0.151. The van der Waals surface area contributed by atoms with Crippen molar-refractivity contribution >= 4 is 188 Å². The minimum atomic E-state index is -3.61. The second-order valence-corrected chi connectivity index (χ2v) is 49.0. The Balaban J connectivity index is 0.000000141. The number of sulfonamides is 6. The number of unbranched alkanes of at least 4 members (excludes halogenated alkanes) is 2. The first-order valence-electron chi connectivity index (χ1n) is 43.3. The summed E-state index contributed by atoms with van der Waals surface area (Å²) in [4.78, 5) is 14.3. The van der Waals surface area contributed by atoms with E-state index in [1.165, 1.54) is 14.7 Å². The quantitative estimate of drug-likeness (QED) is 0.0924. The zero-order chi connectivity index (χ0) is 93.8. The highest BCUT2D eigenvalue weighted by Crippen LogP contribution is 2.43. The average Bonchev–Trinajstić information content (AvgIpc) is 1.60. The Labute approximate surface area is 814 Å². The van der Waals surface area contributed by atoms with Gasteiger partial charge < -0.3 is 34.1 Å². The molecule has 7 heterocycles. The maximum atomic E-state index is 13.1. The average molecular weight is 2170 g/mol. The zero-order valence-corrected chi connectivity index (χ0v) is 86.8. The van der Waals surface area contributed by atoms with Crippen molar-refractivity contribution in [2.75, 3.05) is 170 Å². The number of methoxy groups -OCH3 is 1. The van der Waals surface area contributed by atoms with Crippen molar-refractivity contribution in [3.05, 3.63) is 238 Å². The Morgan fingerprint density at radius 3 is 1.15 bits per heavy atom. The first-order valence-corrected chi connectivity index (χ1v) is 55.8. The van der Waals surface area contributed by atoms with Crippen LogP contribution < -0.4 is 34.1 Å². The monoisotopic (exact) mass is 2160 g/mol. The predicted molar refractivity (Wildman–Crippen MR) is 536 cm³/mol. The molecule has 704 valence electrons. The lowest BCUT2D eigenvalue weighted by atomic mass is 10.1. The molecule has 0 unspecified atom stereocenters. The number of halogens is 7. The highest BCUT2D eigenvalue weighted by Gasteiger charge is 2.42. The largest absolute Gasteiger partial charge is 0.497 e. The van der Waals surface area contributed by atoms with Gasteiger partial charge >= 0.3 is 0 Å². The fraction of sp³-hybridized carbons (Fsp3) is 0.413. The van der Waals surface area contributed by atoms with Crippen LogP contribution in [0.3, 0.4) is 0 Å². The standard InChI is InChI=1S/C17H19BrN2O2S.C17H19ClN2O3S.C16H16BrClN2O2S.C15H21ClN2O2S.C14H19ClN2O2S.C13H19BrN2O2S/c1-19-11-12-20(10-9-14-5-3-2-4-6-14)23(21,22)17-8-7-15(18)13-16(17)19;1-19-9-10-20(12-13-3-6-15(23-2)7-4-13)24(21,22)17-11-14(18)5-8-16(17)19;1-19-8-9-20(11-12-2-5-14(18)6-3-12)23(21,22)16-7-4-13(17)10-15(16)19;1-2-3-8-17-11-13-5-4-9-18(13)14-7-6-12(16)10-15(14)21(17,19)20;1-16-8-9-17(12-4-2-3-5-12)20(18,19)14-10-11(15)6-7-13(14)16;1-3-4-7-16-9-8-15(2)12-10-11(14)5-6-13(12)19(16,17)18/h2-8,13H,9-12H2,1H3;3-8,11H,9-10,12H2,1-2H3;2-7,10H,8-9,11H2,1H3;6-7,10,13H,2-5,8-9,11H2,1H3;6-7,10,12H,2-5,8-9H2,1H3;5-6,10H,3-4,7-9H2,1-2H3/t;;;13-;;/m...0../s1. The van der Waals surface area contributed by atoms with E-state index in [1.54, 1.807) is 115 Å². The second kappa shape index (κ2) is 45.1. The third-order valence-corrected chi connectivity index (χ3v) is 38.3. The van der Waals surface area contributed by atoms with Gasteiger partial charge in [0, 0.05) is 192 Å². The summed E-state index contributed by atoms with van der Waals surface area (Å²) in [6.45, 7) is 13.8. The Kier molecular flexibility index (Phi) is 35.6. The molecule has 1 aliphatic carbocycles. The number of hydrogen-bond acceptors (Lipinski definition) is 19. The number of fused-ring (bicyclic) bond motifs is 8. The van der Waals surface area contributed by atoms with E-state index in [0.29, 0.717) is 161 Å². The molecule has 38 heteroatoms. The third-order valence-electron chi connectivity index (χ3n) is 24.3. The molecular weight excluding hydrogens is 2060 g/mol. The summed E-state index contributed by atoms with van der Waals surface area (Å²) in [5, 5.41) is 2.00. The smallest absolute Gasteiger partial charge is 0.245 e. The van der Waals surface area contributed by atoms with Gasteiger partial charge in [-0.3, -0.25) is 0 Å². The summed E-state index contributed by atoms with van der Waals surface area (Å²) in [5.74, 6) is 0.745. The molecule has 0 spiro atoms. The number of ether oxygens (including phenoxy) is 1. The van der Waals surface area contributed by atoms with E-state index in [9.17, 15) is 50.5 Å². The fourth-order valence-electron chi connectivity index (χ4n) is 16.8. The van der Waals surface area contributed by atoms with Crippen LogP contribution in [-0.2, 0) is 79.7 Å². The number of rotatable bonds is 15. The lowest BCUT2D eigenvalue weighted by molar-refractivity contribution is 0.331. The van der Waals surface area contributed by atoms with Crippen molar-refractivity contribution in [1.29, 1.82) is 0 Å². The third kappa shape index (κ3) is 24.5. The van der Waals surface area contributed by atoms with Crippen LogP contribution in [0.1, 0.15) is 94.7 Å². The normalized spacial score (nSPS) is 19.8. The number of benzene rings is 9. The Morgan fingerprint density at radius 1 is 0.331 bits per heavy atom. The van der Waals surface area contributed by atoms with E-state index in [1.807, 2.05) is 151 Å². The summed E-state index contributed by atoms with van der Waals surface area (Å²) in [6, 6.07) is 56.4. The molecule has 130 heavy (non-hydrogen) atoms. The highest BCUT2D eigenvalue weighted by molar-refractivity contribution is 9.11. The maximum absolute atomic E-state index is 13.1. The van der Waals surface area contributed by atoms with Crippen molar-refractivity contribution in [1.82, 2.24) is 25.8 Å². The van der Waals surface area contributed by atoms with Crippen LogP contribution in [0.4, 0.5) is 34.1 Å². The summed E-state index contributed by atoms with van der Waals surface area (Å²) in [5.41, 5.74) is 7.46. The summed E-state index contributed by atoms with van der Waals surface area (Å²) in [6.07, 6.45) is 10.8. The van der Waals surface area contributed by atoms with E-state index < -0.39 is 60.1 Å². The van der Waals surface area contributed by atoms with Gasteiger partial charge in [-0.2, -0.15) is 25.8 Å². The molecule has 0 aromatic heterocycles. The molecule has 9 aromatic rings.